The Kier molecular flexibility index (Phi) is 2.41. The van der Waals surface area contributed by atoms with E-state index in [2.05, 4.69) is 39.8 Å². The topological polar surface area (TPSA) is 0 Å². The molecule has 1 saturated carbocycles. The van der Waals surface area contributed by atoms with Gasteiger partial charge in [0.25, 0.3) is 0 Å². The van der Waals surface area contributed by atoms with Crippen LogP contribution in [0.25, 0.3) is 0 Å². The second-order valence-corrected chi connectivity index (χ2v) is 4.40. The quantitative estimate of drug-likeness (QED) is 0.542. The highest BCUT2D eigenvalue weighted by Gasteiger charge is 2.48. The second-order valence-electron chi connectivity index (χ2n) is 4.40. The molecule has 0 radical (unpaired) electrons. The molecule has 2 unspecified atom stereocenters. The highest BCUT2D eigenvalue weighted by atomic mass is 14.5. The van der Waals surface area contributed by atoms with Gasteiger partial charge < -0.3 is 0 Å². The summed E-state index contributed by atoms with van der Waals surface area (Å²) in [7, 11) is 0. The van der Waals surface area contributed by atoms with E-state index in [1.807, 2.05) is 0 Å². The summed E-state index contributed by atoms with van der Waals surface area (Å²) in [5.41, 5.74) is 0.639. The van der Waals surface area contributed by atoms with Gasteiger partial charge in [0.1, 0.15) is 0 Å². The molecule has 0 saturated heterocycles. The van der Waals surface area contributed by atoms with Crippen LogP contribution in [-0.4, -0.2) is 0 Å². The Balaban J connectivity index is 2.46. The molecular formula is C11H20. The maximum absolute atomic E-state index is 2.38. The summed E-state index contributed by atoms with van der Waals surface area (Å²) in [6.45, 7) is 9.17. The number of allylic oxidation sites excluding steroid dienone is 2. The SMILES string of the molecule is CC=CC(CC)C1CC1(C)C. The fourth-order valence-corrected chi connectivity index (χ4v) is 2.04. The van der Waals surface area contributed by atoms with Crippen LogP contribution in [0.2, 0.25) is 0 Å². The van der Waals surface area contributed by atoms with Crippen LogP contribution < -0.4 is 0 Å². The van der Waals surface area contributed by atoms with Gasteiger partial charge in [-0.2, -0.15) is 0 Å². The van der Waals surface area contributed by atoms with Crippen molar-refractivity contribution >= 4 is 0 Å². The zero-order chi connectivity index (χ0) is 8.48. The minimum atomic E-state index is 0.639. The first kappa shape index (κ1) is 8.83. The third-order valence-electron chi connectivity index (χ3n) is 3.02. The summed E-state index contributed by atoms with van der Waals surface area (Å²) < 4.78 is 0. The summed E-state index contributed by atoms with van der Waals surface area (Å²) in [6, 6.07) is 0. The van der Waals surface area contributed by atoms with Gasteiger partial charge in [0, 0.05) is 0 Å². The summed E-state index contributed by atoms with van der Waals surface area (Å²) >= 11 is 0. The maximum atomic E-state index is 2.38. The van der Waals surface area contributed by atoms with Crippen molar-refractivity contribution < 1.29 is 0 Å². The zero-order valence-electron chi connectivity index (χ0n) is 8.22. The molecule has 0 amide bonds. The predicted molar refractivity (Wildman–Crippen MR) is 50.5 cm³/mol. The Hall–Kier alpha value is -0.260. The molecule has 0 aromatic carbocycles. The standard InChI is InChI=1S/C11H20/c1-5-7-9(6-2)10-8-11(10,3)4/h5,7,9-10H,6,8H2,1-4H3. The Labute approximate surface area is 70.7 Å². The number of hydrogen-bond donors (Lipinski definition) is 0. The molecule has 0 N–H and O–H groups in total. The summed E-state index contributed by atoms with van der Waals surface area (Å²) in [6.07, 6.45) is 7.30. The Bertz CT molecular complexity index is 153. The fraction of sp³-hybridized carbons (Fsp3) is 0.818. The van der Waals surface area contributed by atoms with Gasteiger partial charge in [0.05, 0.1) is 0 Å². The van der Waals surface area contributed by atoms with Crippen LogP contribution in [0.15, 0.2) is 12.2 Å². The molecule has 0 aromatic heterocycles. The largest absolute Gasteiger partial charge is 0.0914 e. The third-order valence-corrected chi connectivity index (χ3v) is 3.02. The molecule has 1 rings (SSSR count). The first-order chi connectivity index (χ1) is 5.11. The second kappa shape index (κ2) is 3.00. The average molecular weight is 152 g/mol. The number of rotatable bonds is 3. The Morgan fingerprint density at radius 1 is 1.55 bits per heavy atom. The van der Waals surface area contributed by atoms with Crippen molar-refractivity contribution in [2.24, 2.45) is 17.3 Å². The lowest BCUT2D eigenvalue weighted by Gasteiger charge is -2.11. The zero-order valence-corrected chi connectivity index (χ0v) is 8.22. The van der Waals surface area contributed by atoms with E-state index in [9.17, 15) is 0 Å². The van der Waals surface area contributed by atoms with Crippen molar-refractivity contribution in [2.75, 3.05) is 0 Å². The van der Waals surface area contributed by atoms with E-state index < -0.39 is 0 Å². The van der Waals surface area contributed by atoms with Gasteiger partial charge >= 0.3 is 0 Å². The van der Waals surface area contributed by atoms with E-state index in [1.54, 1.807) is 0 Å². The smallest absolute Gasteiger partial charge is 0.0203 e. The monoisotopic (exact) mass is 152 g/mol. The lowest BCUT2D eigenvalue weighted by atomic mass is 9.94. The lowest BCUT2D eigenvalue weighted by Crippen LogP contribution is -2.02. The van der Waals surface area contributed by atoms with E-state index in [0.29, 0.717) is 5.41 Å². The maximum Gasteiger partial charge on any atom is -0.0203 e. The Morgan fingerprint density at radius 3 is 2.36 bits per heavy atom. The van der Waals surface area contributed by atoms with Crippen LogP contribution in [0.4, 0.5) is 0 Å². The van der Waals surface area contributed by atoms with Crippen molar-refractivity contribution in [3.8, 4) is 0 Å². The molecule has 0 aliphatic heterocycles. The molecule has 0 heterocycles. The fourth-order valence-electron chi connectivity index (χ4n) is 2.04. The van der Waals surface area contributed by atoms with E-state index in [0.717, 1.165) is 11.8 Å². The van der Waals surface area contributed by atoms with E-state index in [1.165, 1.54) is 12.8 Å². The van der Waals surface area contributed by atoms with Crippen LogP contribution in [0.3, 0.4) is 0 Å². The van der Waals surface area contributed by atoms with Crippen LogP contribution in [0.5, 0.6) is 0 Å². The van der Waals surface area contributed by atoms with Crippen LogP contribution in [0.1, 0.15) is 40.5 Å². The molecule has 2 atom stereocenters. The molecule has 11 heavy (non-hydrogen) atoms. The first-order valence-corrected chi connectivity index (χ1v) is 4.74. The van der Waals surface area contributed by atoms with Gasteiger partial charge in [0.15, 0.2) is 0 Å². The molecule has 0 heteroatoms. The molecule has 1 fully saturated rings. The molecule has 0 spiro atoms. The minimum Gasteiger partial charge on any atom is -0.0914 e. The third kappa shape index (κ3) is 1.85. The average Bonchev–Trinajstić information content (AvgIpc) is 2.55. The molecule has 0 nitrogen and oxygen atoms in total. The van der Waals surface area contributed by atoms with E-state index in [4.69, 9.17) is 0 Å². The van der Waals surface area contributed by atoms with E-state index >= 15 is 0 Å². The first-order valence-electron chi connectivity index (χ1n) is 4.74. The highest BCUT2D eigenvalue weighted by Crippen LogP contribution is 2.56. The van der Waals surface area contributed by atoms with Gasteiger partial charge in [-0.25, -0.2) is 0 Å². The molecule has 0 aromatic rings. The van der Waals surface area contributed by atoms with Crippen molar-refractivity contribution in [3.63, 3.8) is 0 Å². The van der Waals surface area contributed by atoms with Gasteiger partial charge in [-0.15, -0.1) is 0 Å². The summed E-state index contributed by atoms with van der Waals surface area (Å²) in [5.74, 6) is 1.80. The van der Waals surface area contributed by atoms with Gasteiger partial charge in [-0.1, -0.05) is 32.9 Å². The van der Waals surface area contributed by atoms with Crippen molar-refractivity contribution in [2.45, 2.75) is 40.5 Å². The van der Waals surface area contributed by atoms with Crippen LogP contribution >= 0.6 is 0 Å². The molecule has 1 aliphatic rings. The van der Waals surface area contributed by atoms with Gasteiger partial charge in [-0.05, 0) is 37.0 Å². The molecule has 64 valence electrons. The summed E-state index contributed by atoms with van der Waals surface area (Å²) in [4.78, 5) is 0. The lowest BCUT2D eigenvalue weighted by molar-refractivity contribution is 0.448. The van der Waals surface area contributed by atoms with Crippen molar-refractivity contribution in [1.29, 1.82) is 0 Å². The normalized spacial score (nSPS) is 30.7. The summed E-state index contributed by atoms with van der Waals surface area (Å²) in [5, 5.41) is 0. The van der Waals surface area contributed by atoms with Crippen LogP contribution in [-0.2, 0) is 0 Å². The molecule has 1 aliphatic carbocycles. The predicted octanol–water partition coefficient (Wildman–Crippen LogP) is 3.63. The van der Waals surface area contributed by atoms with Gasteiger partial charge in [-0.3, -0.25) is 0 Å². The number of hydrogen-bond acceptors (Lipinski definition) is 0. The van der Waals surface area contributed by atoms with Crippen molar-refractivity contribution in [1.82, 2.24) is 0 Å². The van der Waals surface area contributed by atoms with Gasteiger partial charge in [0.2, 0.25) is 0 Å². The Morgan fingerprint density at radius 2 is 2.09 bits per heavy atom. The minimum absolute atomic E-state index is 0.639. The van der Waals surface area contributed by atoms with Crippen molar-refractivity contribution in [3.05, 3.63) is 12.2 Å². The molecular weight excluding hydrogens is 132 g/mol. The van der Waals surface area contributed by atoms with E-state index in [-0.39, 0.29) is 0 Å². The van der Waals surface area contributed by atoms with Crippen LogP contribution in [0, 0.1) is 17.3 Å². The highest BCUT2D eigenvalue weighted by molar-refractivity contribution is 5.04. The molecule has 0 bridgehead atoms.